The van der Waals surface area contributed by atoms with Crippen molar-refractivity contribution in [3.63, 3.8) is 0 Å². The topological polar surface area (TPSA) is 26.3 Å². The highest BCUT2D eigenvalue weighted by atomic mass is 19.4. The van der Waals surface area contributed by atoms with E-state index in [4.69, 9.17) is 0 Å². The highest BCUT2D eigenvalue weighted by Crippen LogP contribution is 2.40. The van der Waals surface area contributed by atoms with Crippen molar-refractivity contribution >= 4 is 6.04 Å². The third kappa shape index (κ3) is 2.79. The lowest BCUT2D eigenvalue weighted by Crippen LogP contribution is -2.51. The molecule has 0 saturated heterocycles. The molecule has 0 radical (unpaired) electrons. The molecule has 10 heteroatoms. The molecule has 14 heavy (non-hydrogen) atoms. The maximum absolute atomic E-state index is 12.1. The summed E-state index contributed by atoms with van der Waals surface area (Å²) >= 11 is 0. The van der Waals surface area contributed by atoms with Crippen molar-refractivity contribution in [2.75, 3.05) is 0 Å². The van der Waals surface area contributed by atoms with Gasteiger partial charge < -0.3 is 0 Å². The minimum atomic E-state index is -6.45. The molecule has 0 aromatic carbocycles. The van der Waals surface area contributed by atoms with Gasteiger partial charge >= 0.3 is 24.4 Å². The van der Waals surface area contributed by atoms with Crippen molar-refractivity contribution in [2.45, 2.75) is 18.4 Å². The van der Waals surface area contributed by atoms with E-state index in [0.717, 1.165) is 0 Å². The van der Waals surface area contributed by atoms with Gasteiger partial charge in [0.2, 0.25) is 0 Å². The Bertz CT molecular complexity index is 228. The Morgan fingerprint density at radius 2 is 1.29 bits per heavy atom. The van der Waals surface area contributed by atoms with E-state index in [0.29, 0.717) is 0 Å². The van der Waals surface area contributed by atoms with Crippen LogP contribution in [0.2, 0.25) is 0 Å². The number of carbonyl (C=O) groups excluding carboxylic acids is 1. The SMILES string of the molecule is O=C(F)C(F)(OC(F)(F)F)C(F)(F)F. The molecule has 1 atom stereocenters. The largest absolute Gasteiger partial charge is 0.525 e. The minimum Gasteiger partial charge on any atom is -0.254 e. The van der Waals surface area contributed by atoms with Gasteiger partial charge in [-0.15, -0.1) is 13.2 Å². The van der Waals surface area contributed by atoms with Gasteiger partial charge in [-0.3, -0.25) is 4.79 Å². The predicted molar refractivity (Wildman–Crippen MR) is 23.1 cm³/mol. The first-order valence-corrected chi connectivity index (χ1v) is 2.62. The fraction of sp³-hybridized carbons (Fsp3) is 0.750. The van der Waals surface area contributed by atoms with Gasteiger partial charge in [-0.2, -0.15) is 22.0 Å². The van der Waals surface area contributed by atoms with Crippen molar-refractivity contribution in [3.8, 4) is 0 Å². The summed E-state index contributed by atoms with van der Waals surface area (Å²) in [4.78, 5) is 9.40. The van der Waals surface area contributed by atoms with Crippen molar-refractivity contribution in [1.82, 2.24) is 0 Å². The number of carbonyl (C=O) groups is 1. The Morgan fingerprint density at radius 3 is 1.36 bits per heavy atom. The smallest absolute Gasteiger partial charge is 0.254 e. The lowest BCUT2D eigenvalue weighted by Gasteiger charge is -2.23. The lowest BCUT2D eigenvalue weighted by atomic mass is 10.3. The number of ether oxygens (including phenoxy) is 1. The van der Waals surface area contributed by atoms with E-state index in [9.17, 15) is 39.9 Å². The monoisotopic (exact) mass is 232 g/mol. The van der Waals surface area contributed by atoms with Gasteiger partial charge in [0.25, 0.3) is 0 Å². The number of rotatable bonds is 2. The van der Waals surface area contributed by atoms with Gasteiger partial charge in [-0.1, -0.05) is 0 Å². The van der Waals surface area contributed by atoms with Crippen LogP contribution in [0.4, 0.5) is 35.1 Å². The maximum Gasteiger partial charge on any atom is 0.525 e. The molecular formula is C4F8O2. The summed E-state index contributed by atoms with van der Waals surface area (Å²) in [6.45, 7) is 0. The summed E-state index contributed by atoms with van der Waals surface area (Å²) in [6.07, 6.45) is -12.6. The number of hydrogen-bond donors (Lipinski definition) is 0. The van der Waals surface area contributed by atoms with Crippen LogP contribution in [0.15, 0.2) is 0 Å². The van der Waals surface area contributed by atoms with E-state index in [1.807, 2.05) is 0 Å². The molecule has 0 aromatic heterocycles. The second-order valence-electron chi connectivity index (χ2n) is 1.91. The molecule has 0 spiro atoms. The fourth-order valence-electron chi connectivity index (χ4n) is 0.369. The van der Waals surface area contributed by atoms with Gasteiger partial charge in [0.15, 0.2) is 0 Å². The van der Waals surface area contributed by atoms with Gasteiger partial charge in [0.1, 0.15) is 0 Å². The molecule has 0 aliphatic heterocycles. The first-order valence-electron chi connectivity index (χ1n) is 2.62. The van der Waals surface area contributed by atoms with Crippen LogP contribution < -0.4 is 0 Å². The second kappa shape index (κ2) is 3.33. The molecule has 0 N–H and O–H groups in total. The molecule has 0 aliphatic rings. The number of alkyl halides is 7. The molecule has 1 unspecified atom stereocenters. The Hall–Kier alpha value is -0.930. The molecule has 0 heterocycles. The zero-order chi connectivity index (χ0) is 11.8. The van der Waals surface area contributed by atoms with Crippen molar-refractivity contribution in [2.24, 2.45) is 0 Å². The third-order valence-corrected chi connectivity index (χ3v) is 0.874. The summed E-state index contributed by atoms with van der Waals surface area (Å²) in [5.41, 5.74) is 0. The fourth-order valence-corrected chi connectivity index (χ4v) is 0.369. The van der Waals surface area contributed by atoms with Crippen molar-refractivity contribution in [3.05, 3.63) is 0 Å². The molecule has 0 aromatic rings. The van der Waals surface area contributed by atoms with E-state index in [2.05, 4.69) is 0 Å². The van der Waals surface area contributed by atoms with Crippen molar-refractivity contribution < 1.29 is 44.7 Å². The maximum atomic E-state index is 12.1. The zero-order valence-corrected chi connectivity index (χ0v) is 5.84. The Morgan fingerprint density at radius 1 is 0.929 bits per heavy atom. The summed E-state index contributed by atoms with van der Waals surface area (Å²) in [5, 5.41) is 0. The van der Waals surface area contributed by atoms with Crippen molar-refractivity contribution in [1.29, 1.82) is 0 Å². The summed E-state index contributed by atoms with van der Waals surface area (Å²) in [5.74, 6) is -6.01. The van der Waals surface area contributed by atoms with Gasteiger partial charge in [-0.25, -0.2) is 4.74 Å². The van der Waals surface area contributed by atoms with Crippen LogP contribution >= 0.6 is 0 Å². The average molecular weight is 232 g/mol. The average Bonchev–Trinajstić information content (AvgIpc) is 1.79. The van der Waals surface area contributed by atoms with E-state index in [-0.39, 0.29) is 0 Å². The van der Waals surface area contributed by atoms with Gasteiger partial charge in [0, 0.05) is 0 Å². The molecule has 0 aliphatic carbocycles. The number of hydrogen-bond acceptors (Lipinski definition) is 2. The minimum absolute atomic E-state index is 1.73. The molecule has 0 rings (SSSR count). The molecule has 0 saturated carbocycles. The first kappa shape index (κ1) is 13.1. The molecule has 0 amide bonds. The summed E-state index contributed by atoms with van der Waals surface area (Å²) < 4.78 is 93.0. The zero-order valence-electron chi connectivity index (χ0n) is 5.84. The first-order chi connectivity index (χ1) is 5.90. The lowest BCUT2D eigenvalue weighted by molar-refractivity contribution is -0.434. The van der Waals surface area contributed by atoms with E-state index >= 15 is 0 Å². The molecule has 2 nitrogen and oxygen atoms in total. The van der Waals surface area contributed by atoms with Gasteiger partial charge in [-0.05, 0) is 0 Å². The van der Waals surface area contributed by atoms with Crippen LogP contribution in [0, 0.1) is 0 Å². The second-order valence-corrected chi connectivity index (χ2v) is 1.91. The van der Waals surface area contributed by atoms with Gasteiger partial charge in [0.05, 0.1) is 0 Å². The quantitative estimate of drug-likeness (QED) is 0.539. The predicted octanol–water partition coefficient (Wildman–Crippen LogP) is 2.25. The highest BCUT2D eigenvalue weighted by molar-refractivity contribution is 5.77. The summed E-state index contributed by atoms with van der Waals surface area (Å²) in [7, 11) is 0. The molecule has 0 bridgehead atoms. The van der Waals surface area contributed by atoms with Crippen LogP contribution in [0.3, 0.4) is 0 Å². The van der Waals surface area contributed by atoms with Crippen LogP contribution in [0.25, 0.3) is 0 Å². The standard InChI is InChI=1S/C4F8O2/c5-1(13)2(6,3(7,8)9)14-4(10,11)12. The van der Waals surface area contributed by atoms with Crippen LogP contribution in [0.1, 0.15) is 0 Å². The highest BCUT2D eigenvalue weighted by Gasteiger charge is 2.68. The van der Waals surface area contributed by atoms with Crippen LogP contribution in [-0.4, -0.2) is 24.4 Å². The van der Waals surface area contributed by atoms with E-state index < -0.39 is 24.4 Å². The third-order valence-electron chi connectivity index (χ3n) is 0.874. The Labute approximate surface area is 70.4 Å². The summed E-state index contributed by atoms with van der Waals surface area (Å²) in [6, 6.07) is -3.93. The molecular weight excluding hydrogens is 232 g/mol. The molecule has 0 fully saturated rings. The Kier molecular flexibility index (Phi) is 3.11. The normalized spacial score (nSPS) is 17.7. The Balaban J connectivity index is 5.04. The van der Waals surface area contributed by atoms with E-state index in [1.165, 1.54) is 0 Å². The van der Waals surface area contributed by atoms with E-state index in [1.54, 1.807) is 4.74 Å². The van der Waals surface area contributed by atoms with Crippen LogP contribution in [0.5, 0.6) is 0 Å². The number of halogens is 8. The van der Waals surface area contributed by atoms with Crippen LogP contribution in [-0.2, 0) is 9.53 Å². The molecule has 84 valence electrons.